The average Bonchev–Trinajstić information content (AvgIpc) is 3.18. The lowest BCUT2D eigenvalue weighted by Crippen LogP contribution is -2.43. The van der Waals surface area contributed by atoms with Crippen molar-refractivity contribution in [2.75, 3.05) is 6.54 Å². The van der Waals surface area contributed by atoms with Crippen LogP contribution in [0.3, 0.4) is 0 Å². The third-order valence-corrected chi connectivity index (χ3v) is 5.60. The monoisotopic (exact) mass is 329 g/mol. The highest BCUT2D eigenvalue weighted by atomic mass is 19.1. The van der Waals surface area contributed by atoms with Gasteiger partial charge in [-0.05, 0) is 55.4 Å². The second kappa shape index (κ2) is 6.55. The predicted molar refractivity (Wildman–Crippen MR) is 92.3 cm³/mol. The molecule has 4 rings (SSSR count). The number of aromatic amines is 1. The summed E-state index contributed by atoms with van der Waals surface area (Å²) in [7, 11) is 0. The lowest BCUT2D eigenvalue weighted by molar-refractivity contribution is -0.122. The highest BCUT2D eigenvalue weighted by molar-refractivity contribution is 5.84. The molecule has 1 aliphatic carbocycles. The molecule has 24 heavy (non-hydrogen) atoms. The fourth-order valence-electron chi connectivity index (χ4n) is 4.33. The number of carbonyl (C=O) groups excluding carboxylic acids is 1. The smallest absolute Gasteiger partial charge is 0.237 e. The van der Waals surface area contributed by atoms with Gasteiger partial charge in [0.05, 0.1) is 6.04 Å². The van der Waals surface area contributed by atoms with Gasteiger partial charge in [-0.1, -0.05) is 12.8 Å². The Bertz CT molecular complexity index is 727. The van der Waals surface area contributed by atoms with Gasteiger partial charge in [-0.2, -0.15) is 0 Å². The van der Waals surface area contributed by atoms with Crippen LogP contribution >= 0.6 is 0 Å². The molecule has 3 atom stereocenters. The van der Waals surface area contributed by atoms with E-state index in [4.69, 9.17) is 0 Å². The van der Waals surface area contributed by atoms with Crippen molar-refractivity contribution in [1.82, 2.24) is 15.6 Å². The Balaban J connectivity index is 1.31. The number of carbonyl (C=O) groups is 1. The van der Waals surface area contributed by atoms with Gasteiger partial charge in [-0.25, -0.2) is 4.39 Å². The molecule has 1 aromatic carbocycles. The van der Waals surface area contributed by atoms with E-state index in [0.29, 0.717) is 18.5 Å². The van der Waals surface area contributed by atoms with Crippen LogP contribution in [0.2, 0.25) is 0 Å². The summed E-state index contributed by atoms with van der Waals surface area (Å²) < 4.78 is 13.2. The summed E-state index contributed by atoms with van der Waals surface area (Å²) in [6, 6.07) is 5.28. The van der Waals surface area contributed by atoms with Crippen LogP contribution in [0.15, 0.2) is 24.4 Å². The van der Waals surface area contributed by atoms with Gasteiger partial charge in [0.2, 0.25) is 5.91 Å². The minimum Gasteiger partial charge on any atom is -0.361 e. The number of H-pyrrole nitrogens is 1. The Morgan fingerprint density at radius 3 is 3.04 bits per heavy atom. The molecule has 1 saturated heterocycles. The summed E-state index contributed by atoms with van der Waals surface area (Å²) in [6.45, 7) is 0.608. The van der Waals surface area contributed by atoms with Crippen LogP contribution in [-0.4, -0.2) is 29.5 Å². The molecule has 0 spiro atoms. The number of fused-ring (bicyclic) bond motifs is 2. The minimum atomic E-state index is -0.238. The normalized spacial score (nSPS) is 26.5. The van der Waals surface area contributed by atoms with Crippen LogP contribution in [0.4, 0.5) is 4.39 Å². The number of hydrogen-bond donors (Lipinski definition) is 3. The van der Waals surface area contributed by atoms with Crippen molar-refractivity contribution in [3.8, 4) is 0 Å². The van der Waals surface area contributed by atoms with Crippen LogP contribution in [0.1, 0.15) is 37.7 Å². The van der Waals surface area contributed by atoms with E-state index < -0.39 is 0 Å². The number of rotatable bonds is 4. The number of benzene rings is 1. The molecule has 1 aromatic heterocycles. The average molecular weight is 329 g/mol. The van der Waals surface area contributed by atoms with E-state index in [0.717, 1.165) is 29.3 Å². The molecule has 3 unspecified atom stereocenters. The van der Waals surface area contributed by atoms with Gasteiger partial charge >= 0.3 is 0 Å². The third-order valence-electron chi connectivity index (χ3n) is 5.60. The second-order valence-electron chi connectivity index (χ2n) is 7.15. The van der Waals surface area contributed by atoms with Crippen LogP contribution in [0, 0.1) is 11.7 Å². The van der Waals surface area contributed by atoms with Crippen LogP contribution in [-0.2, 0) is 11.2 Å². The molecular formula is C19H24FN3O. The summed E-state index contributed by atoms with van der Waals surface area (Å²) in [4.78, 5) is 15.5. The van der Waals surface area contributed by atoms with E-state index in [1.54, 1.807) is 6.07 Å². The fourth-order valence-corrected chi connectivity index (χ4v) is 4.33. The van der Waals surface area contributed by atoms with E-state index in [1.807, 2.05) is 6.20 Å². The molecule has 1 saturated carbocycles. The maximum absolute atomic E-state index is 13.2. The number of hydrogen-bond acceptors (Lipinski definition) is 2. The largest absolute Gasteiger partial charge is 0.361 e. The van der Waals surface area contributed by atoms with Crippen molar-refractivity contribution in [1.29, 1.82) is 0 Å². The lowest BCUT2D eigenvalue weighted by atomic mass is 9.85. The standard InChI is InChI=1S/C19H24FN3O/c20-14-5-6-15-13(11-22-17(15)10-14)7-8-21-19(24)18-9-12-3-1-2-4-16(12)23-18/h5-6,10-12,16,18,22-23H,1-4,7-9H2,(H,21,24). The van der Waals surface area contributed by atoms with E-state index in [1.165, 1.54) is 37.8 Å². The highest BCUT2D eigenvalue weighted by Crippen LogP contribution is 2.33. The summed E-state index contributed by atoms with van der Waals surface area (Å²) in [5, 5.41) is 7.60. The SMILES string of the molecule is O=C(NCCc1c[nH]c2cc(F)ccc12)C1CC2CCCCC2N1. The van der Waals surface area contributed by atoms with Crippen molar-refractivity contribution in [3.63, 3.8) is 0 Å². The molecular weight excluding hydrogens is 305 g/mol. The molecule has 2 aromatic rings. The van der Waals surface area contributed by atoms with Crippen molar-refractivity contribution >= 4 is 16.8 Å². The number of nitrogens with one attached hydrogen (secondary N) is 3. The molecule has 5 heteroatoms. The van der Waals surface area contributed by atoms with Gasteiger partial charge < -0.3 is 15.6 Å². The highest BCUT2D eigenvalue weighted by Gasteiger charge is 2.37. The van der Waals surface area contributed by atoms with Crippen molar-refractivity contribution in [2.24, 2.45) is 5.92 Å². The van der Waals surface area contributed by atoms with Crippen molar-refractivity contribution in [2.45, 2.75) is 50.6 Å². The van der Waals surface area contributed by atoms with Crippen molar-refractivity contribution in [3.05, 3.63) is 35.8 Å². The molecule has 0 bridgehead atoms. The van der Waals surface area contributed by atoms with Gasteiger partial charge in [0.15, 0.2) is 0 Å². The first kappa shape index (κ1) is 15.6. The molecule has 0 radical (unpaired) electrons. The Morgan fingerprint density at radius 1 is 1.29 bits per heavy atom. The van der Waals surface area contributed by atoms with E-state index in [-0.39, 0.29) is 17.8 Å². The Hall–Kier alpha value is -1.88. The molecule has 2 fully saturated rings. The third kappa shape index (κ3) is 3.05. The van der Waals surface area contributed by atoms with Crippen molar-refractivity contribution < 1.29 is 9.18 Å². The van der Waals surface area contributed by atoms with Gasteiger partial charge in [-0.15, -0.1) is 0 Å². The zero-order chi connectivity index (χ0) is 16.5. The number of amides is 1. The zero-order valence-corrected chi connectivity index (χ0v) is 13.8. The maximum atomic E-state index is 13.2. The van der Waals surface area contributed by atoms with Gasteiger partial charge in [0.25, 0.3) is 0 Å². The van der Waals surface area contributed by atoms with E-state index in [9.17, 15) is 9.18 Å². The molecule has 2 heterocycles. The van der Waals surface area contributed by atoms with Gasteiger partial charge in [-0.3, -0.25) is 4.79 Å². The molecule has 1 aliphatic heterocycles. The lowest BCUT2D eigenvalue weighted by Gasteiger charge is -2.24. The van der Waals surface area contributed by atoms with E-state index in [2.05, 4.69) is 15.6 Å². The Kier molecular flexibility index (Phi) is 4.27. The topological polar surface area (TPSA) is 56.9 Å². The Morgan fingerprint density at radius 2 is 2.17 bits per heavy atom. The predicted octanol–water partition coefficient (Wildman–Crippen LogP) is 2.89. The molecule has 3 N–H and O–H groups in total. The number of aromatic nitrogens is 1. The fraction of sp³-hybridized carbons (Fsp3) is 0.526. The molecule has 1 amide bonds. The van der Waals surface area contributed by atoms with Gasteiger partial charge in [0, 0.05) is 29.7 Å². The molecule has 128 valence electrons. The Labute approximate surface area is 141 Å². The zero-order valence-electron chi connectivity index (χ0n) is 13.8. The minimum absolute atomic E-state index is 0.0323. The van der Waals surface area contributed by atoms with Gasteiger partial charge in [0.1, 0.15) is 5.82 Å². The summed E-state index contributed by atoms with van der Waals surface area (Å²) in [5.41, 5.74) is 1.91. The first-order valence-electron chi connectivity index (χ1n) is 9.00. The first-order chi connectivity index (χ1) is 11.7. The summed E-state index contributed by atoms with van der Waals surface area (Å²) in [6.07, 6.45) is 8.67. The summed E-state index contributed by atoms with van der Waals surface area (Å²) >= 11 is 0. The van der Waals surface area contributed by atoms with E-state index >= 15 is 0 Å². The number of halogens is 1. The summed E-state index contributed by atoms with van der Waals surface area (Å²) in [5.74, 6) is 0.561. The first-order valence-corrected chi connectivity index (χ1v) is 9.00. The molecule has 2 aliphatic rings. The van der Waals surface area contributed by atoms with Crippen LogP contribution in [0.25, 0.3) is 10.9 Å². The quantitative estimate of drug-likeness (QED) is 0.808. The maximum Gasteiger partial charge on any atom is 0.237 e. The second-order valence-corrected chi connectivity index (χ2v) is 7.15. The molecule has 4 nitrogen and oxygen atoms in total. The van der Waals surface area contributed by atoms with Crippen LogP contribution < -0.4 is 10.6 Å². The van der Waals surface area contributed by atoms with Crippen LogP contribution in [0.5, 0.6) is 0 Å².